The predicted octanol–water partition coefficient (Wildman–Crippen LogP) is 1.83. The van der Waals surface area contributed by atoms with Crippen LogP contribution in [0.4, 0.5) is 20.3 Å². The first-order valence-electron chi connectivity index (χ1n) is 9.91. The number of aryl methyl sites for hydroxylation is 1. The molecule has 1 saturated heterocycles. The van der Waals surface area contributed by atoms with Gasteiger partial charge < -0.3 is 14.5 Å². The first kappa shape index (κ1) is 19.5. The van der Waals surface area contributed by atoms with Gasteiger partial charge in [-0.2, -0.15) is 5.10 Å². The number of fused-ring (bicyclic) bond motifs is 2. The maximum Gasteiger partial charge on any atom is 0.350 e. The van der Waals surface area contributed by atoms with Crippen LogP contribution in [0.15, 0.2) is 35.4 Å². The van der Waals surface area contributed by atoms with Crippen molar-refractivity contribution in [1.29, 1.82) is 0 Å². The molecule has 0 radical (unpaired) electrons. The van der Waals surface area contributed by atoms with Crippen LogP contribution in [-0.2, 0) is 7.05 Å². The number of ether oxygens (including phenoxy) is 1. The van der Waals surface area contributed by atoms with E-state index in [9.17, 15) is 18.4 Å². The van der Waals surface area contributed by atoms with Crippen LogP contribution in [-0.4, -0.2) is 61.6 Å². The fourth-order valence-electron chi connectivity index (χ4n) is 4.05. The molecular formula is C20H20F2N6O3. The predicted molar refractivity (Wildman–Crippen MR) is 107 cm³/mol. The number of rotatable bonds is 2. The summed E-state index contributed by atoms with van der Waals surface area (Å²) in [4.78, 5) is 32.3. The number of hydrogen-bond donors (Lipinski definition) is 0. The lowest BCUT2D eigenvalue weighted by molar-refractivity contribution is -0.0230. The summed E-state index contributed by atoms with van der Waals surface area (Å²) < 4.78 is 36.1. The van der Waals surface area contributed by atoms with Crippen molar-refractivity contribution < 1.29 is 18.3 Å². The zero-order chi connectivity index (χ0) is 21.9. The Morgan fingerprint density at radius 1 is 1.29 bits per heavy atom. The van der Waals surface area contributed by atoms with Crippen molar-refractivity contribution in [2.45, 2.75) is 25.3 Å². The Morgan fingerprint density at radius 2 is 2.10 bits per heavy atom. The summed E-state index contributed by atoms with van der Waals surface area (Å²) in [7, 11) is 1.58. The van der Waals surface area contributed by atoms with Crippen molar-refractivity contribution in [3.63, 3.8) is 0 Å². The number of aromatic nitrogens is 4. The van der Waals surface area contributed by atoms with Gasteiger partial charge in [-0.1, -0.05) is 0 Å². The zero-order valence-electron chi connectivity index (χ0n) is 17.0. The second-order valence-corrected chi connectivity index (χ2v) is 7.75. The number of carbonyl (C=O) groups excluding carboxylic acids is 1. The molecule has 3 aromatic heterocycles. The monoisotopic (exact) mass is 430 g/mol. The standard InChI is InChI=1S/C20H20F2N6O3/c1-12-20(21,22)4-6-26(12)18(29)13-9-15-17(23-11-13)27(7-8-31-15)14-3-5-28-16(10-14)24-25(2)19(28)30/h3,5,9-12H,4,6-8H2,1-2H3. The Bertz CT molecular complexity index is 1250. The second kappa shape index (κ2) is 6.76. The molecule has 0 aliphatic carbocycles. The van der Waals surface area contributed by atoms with Gasteiger partial charge in [0.2, 0.25) is 0 Å². The molecule has 1 unspecified atom stereocenters. The molecule has 1 amide bonds. The van der Waals surface area contributed by atoms with Gasteiger partial charge in [0.05, 0.1) is 18.2 Å². The van der Waals surface area contributed by atoms with E-state index in [1.165, 1.54) is 27.1 Å². The molecule has 11 heteroatoms. The van der Waals surface area contributed by atoms with E-state index in [4.69, 9.17) is 4.74 Å². The number of anilines is 2. The molecule has 5 rings (SSSR count). The quantitative estimate of drug-likeness (QED) is 0.617. The van der Waals surface area contributed by atoms with Gasteiger partial charge in [-0.05, 0) is 19.1 Å². The van der Waals surface area contributed by atoms with Crippen LogP contribution >= 0.6 is 0 Å². The molecule has 2 aliphatic heterocycles. The van der Waals surface area contributed by atoms with Crippen LogP contribution in [0.25, 0.3) is 5.65 Å². The Balaban J connectivity index is 1.47. The number of amides is 1. The van der Waals surface area contributed by atoms with Crippen LogP contribution in [0.2, 0.25) is 0 Å². The molecule has 2 aliphatic rings. The van der Waals surface area contributed by atoms with Crippen molar-refractivity contribution in [2.75, 3.05) is 24.6 Å². The largest absolute Gasteiger partial charge is 0.488 e. The molecule has 3 aromatic rings. The third-order valence-electron chi connectivity index (χ3n) is 5.90. The van der Waals surface area contributed by atoms with Crippen LogP contribution in [0.5, 0.6) is 5.75 Å². The van der Waals surface area contributed by atoms with E-state index in [2.05, 4.69) is 10.1 Å². The molecular weight excluding hydrogens is 410 g/mol. The molecule has 0 spiro atoms. The third kappa shape index (κ3) is 3.03. The molecule has 1 atom stereocenters. The molecule has 0 saturated carbocycles. The average Bonchev–Trinajstić information content (AvgIpc) is 3.20. The number of pyridine rings is 2. The molecule has 31 heavy (non-hydrogen) atoms. The van der Waals surface area contributed by atoms with E-state index in [1.54, 1.807) is 31.4 Å². The smallest absolute Gasteiger partial charge is 0.350 e. The van der Waals surface area contributed by atoms with Gasteiger partial charge in [0.25, 0.3) is 11.8 Å². The van der Waals surface area contributed by atoms with Gasteiger partial charge in [-0.3, -0.25) is 9.20 Å². The average molecular weight is 430 g/mol. The van der Waals surface area contributed by atoms with Crippen LogP contribution < -0.4 is 15.3 Å². The molecule has 162 valence electrons. The highest BCUT2D eigenvalue weighted by Crippen LogP contribution is 2.37. The summed E-state index contributed by atoms with van der Waals surface area (Å²) >= 11 is 0. The fourth-order valence-corrected chi connectivity index (χ4v) is 4.05. The van der Waals surface area contributed by atoms with Crippen molar-refractivity contribution in [1.82, 2.24) is 24.1 Å². The Labute approximate surface area is 175 Å². The lowest BCUT2D eigenvalue weighted by Gasteiger charge is -2.30. The SMILES string of the molecule is CC1N(C(=O)c2cnc3c(c2)OCCN3c2ccn3c(=O)n(C)nc3c2)CCC1(F)F. The van der Waals surface area contributed by atoms with Crippen LogP contribution in [0.3, 0.4) is 0 Å². The maximum absolute atomic E-state index is 13.8. The minimum Gasteiger partial charge on any atom is -0.488 e. The minimum absolute atomic E-state index is 0.000521. The van der Waals surface area contributed by atoms with E-state index in [0.717, 1.165) is 5.69 Å². The molecule has 5 heterocycles. The number of hydrogen-bond acceptors (Lipinski definition) is 6. The van der Waals surface area contributed by atoms with E-state index in [1.807, 2.05) is 4.90 Å². The van der Waals surface area contributed by atoms with Gasteiger partial charge in [0.15, 0.2) is 17.2 Å². The summed E-state index contributed by atoms with van der Waals surface area (Å²) in [5.41, 5.74) is 1.22. The first-order chi connectivity index (χ1) is 14.8. The Morgan fingerprint density at radius 3 is 2.84 bits per heavy atom. The number of likely N-dealkylation sites (tertiary alicyclic amines) is 1. The molecule has 0 aromatic carbocycles. The summed E-state index contributed by atoms with van der Waals surface area (Å²) in [6, 6.07) is 3.93. The van der Waals surface area contributed by atoms with Crippen molar-refractivity contribution in [3.05, 3.63) is 46.6 Å². The lowest BCUT2D eigenvalue weighted by atomic mass is 10.1. The van der Waals surface area contributed by atoms with Gasteiger partial charge in [0.1, 0.15) is 6.61 Å². The lowest BCUT2D eigenvalue weighted by Crippen LogP contribution is -2.40. The fraction of sp³-hybridized carbons (Fsp3) is 0.400. The molecule has 0 bridgehead atoms. The summed E-state index contributed by atoms with van der Waals surface area (Å²) in [6.45, 7) is 2.22. The normalized spacial score (nSPS) is 20.1. The molecule has 0 N–H and O–H groups in total. The van der Waals surface area contributed by atoms with Crippen molar-refractivity contribution in [3.8, 4) is 5.75 Å². The zero-order valence-corrected chi connectivity index (χ0v) is 17.0. The summed E-state index contributed by atoms with van der Waals surface area (Å²) in [5.74, 6) is -2.48. The van der Waals surface area contributed by atoms with Crippen LogP contribution in [0.1, 0.15) is 23.7 Å². The summed E-state index contributed by atoms with van der Waals surface area (Å²) in [6.07, 6.45) is 2.68. The number of nitrogens with zero attached hydrogens (tertiary/aromatic N) is 6. The van der Waals surface area contributed by atoms with E-state index in [0.29, 0.717) is 30.4 Å². The topological polar surface area (TPSA) is 85.0 Å². The highest BCUT2D eigenvalue weighted by atomic mass is 19.3. The Hall–Kier alpha value is -3.50. The highest BCUT2D eigenvalue weighted by Gasteiger charge is 2.48. The molecule has 9 nitrogen and oxygen atoms in total. The third-order valence-corrected chi connectivity index (χ3v) is 5.90. The van der Waals surface area contributed by atoms with Gasteiger partial charge >= 0.3 is 5.69 Å². The number of carbonyl (C=O) groups is 1. The maximum atomic E-state index is 13.8. The van der Waals surface area contributed by atoms with E-state index < -0.39 is 17.9 Å². The minimum atomic E-state index is -2.89. The van der Waals surface area contributed by atoms with E-state index >= 15 is 0 Å². The number of halogens is 2. The van der Waals surface area contributed by atoms with Crippen molar-refractivity contribution in [2.24, 2.45) is 7.05 Å². The molecule has 1 fully saturated rings. The summed E-state index contributed by atoms with van der Waals surface area (Å²) in [5, 5.41) is 4.20. The number of alkyl halides is 2. The second-order valence-electron chi connectivity index (χ2n) is 7.75. The van der Waals surface area contributed by atoms with Crippen molar-refractivity contribution >= 4 is 23.1 Å². The van der Waals surface area contributed by atoms with Gasteiger partial charge in [0, 0.05) is 44.2 Å². The first-order valence-corrected chi connectivity index (χ1v) is 9.91. The van der Waals surface area contributed by atoms with Gasteiger partial charge in [-0.25, -0.2) is 23.2 Å². The van der Waals surface area contributed by atoms with E-state index in [-0.39, 0.29) is 24.2 Å². The van der Waals surface area contributed by atoms with Gasteiger partial charge in [-0.15, -0.1) is 0 Å². The Kier molecular flexibility index (Phi) is 4.24. The van der Waals surface area contributed by atoms with Crippen LogP contribution in [0, 0.1) is 0 Å². The highest BCUT2D eigenvalue weighted by molar-refractivity contribution is 5.95.